The lowest BCUT2D eigenvalue weighted by atomic mass is 9.73. The molecule has 1 aliphatic carbocycles. The van der Waals surface area contributed by atoms with Crippen LogP contribution in [-0.4, -0.2) is 48.4 Å². The van der Waals surface area contributed by atoms with Gasteiger partial charge in [0, 0.05) is 11.3 Å². The second-order valence-electron chi connectivity index (χ2n) is 12.4. The van der Waals surface area contributed by atoms with E-state index in [2.05, 4.69) is 10.6 Å². The third-order valence-electron chi connectivity index (χ3n) is 9.14. The van der Waals surface area contributed by atoms with Crippen LogP contribution in [0.5, 0.6) is 0 Å². The number of halogens is 6. The molecule has 2 N–H and O–H groups in total. The minimum Gasteiger partial charge on any atom is -0.365 e. The fourth-order valence-corrected chi connectivity index (χ4v) is 7.95. The van der Waals surface area contributed by atoms with Crippen LogP contribution in [0.3, 0.4) is 0 Å². The predicted molar refractivity (Wildman–Crippen MR) is 187 cm³/mol. The van der Waals surface area contributed by atoms with E-state index in [0.717, 1.165) is 23.3 Å². The maximum atomic E-state index is 13.7. The van der Waals surface area contributed by atoms with Gasteiger partial charge in [-0.15, -0.1) is 11.8 Å². The molecule has 2 amide bonds. The molecule has 0 aromatic heterocycles. The number of ether oxygens (including phenoxy) is 1. The predicted octanol–water partition coefficient (Wildman–Crippen LogP) is 9.40. The summed E-state index contributed by atoms with van der Waals surface area (Å²) in [4.78, 5) is 27.0. The Morgan fingerprint density at radius 1 is 0.784 bits per heavy atom. The van der Waals surface area contributed by atoms with Crippen LogP contribution in [0.4, 0.5) is 26.3 Å². The van der Waals surface area contributed by atoms with Crippen LogP contribution in [-0.2, 0) is 21.1 Å². The van der Waals surface area contributed by atoms with Crippen molar-refractivity contribution in [1.82, 2.24) is 10.6 Å². The van der Waals surface area contributed by atoms with Gasteiger partial charge in [0.2, 0.25) is 5.91 Å². The maximum Gasteiger partial charge on any atom is 0.416 e. The first-order valence-electron chi connectivity index (χ1n) is 16.2. The molecule has 51 heavy (non-hydrogen) atoms. The number of hydrogen-bond acceptors (Lipinski definition) is 4. The van der Waals surface area contributed by atoms with Crippen LogP contribution in [0.1, 0.15) is 60.2 Å². The van der Waals surface area contributed by atoms with Gasteiger partial charge in [-0.25, -0.2) is 0 Å². The molecular weight excluding hydrogens is 690 g/mol. The molecule has 0 radical (unpaired) electrons. The Morgan fingerprint density at radius 3 is 1.94 bits per heavy atom. The molecule has 1 unspecified atom stereocenters. The molecular formula is C39H38F6N2O3S. The number of benzene rings is 4. The average molecular weight is 729 g/mol. The summed E-state index contributed by atoms with van der Waals surface area (Å²) in [6, 6.07) is 25.8. The number of unbranched alkanes of at least 4 members (excludes halogenated alkanes) is 1. The van der Waals surface area contributed by atoms with Crippen molar-refractivity contribution in [1.29, 1.82) is 0 Å². The fourth-order valence-electron chi connectivity index (χ4n) is 6.81. The number of rotatable bonds is 10. The van der Waals surface area contributed by atoms with Gasteiger partial charge in [0.25, 0.3) is 5.91 Å². The SMILES string of the molecule is C.O=C(N[C@@H]1COC(CCCCC2(C(=O)NCC(F)(F)F)c3ccccc3-c3ccccc32)SC1)c1ccccc1-c1ccc(C(F)(F)F)cc1. The first-order chi connectivity index (χ1) is 23.9. The van der Waals surface area contributed by atoms with E-state index in [1.165, 1.54) is 12.1 Å². The Bertz CT molecular complexity index is 1790. The summed E-state index contributed by atoms with van der Waals surface area (Å²) in [6.45, 7) is -1.15. The molecule has 12 heteroatoms. The number of carbonyl (C=O) groups excluding carboxylic acids is 2. The minimum absolute atomic E-state index is 0. The molecule has 2 atom stereocenters. The topological polar surface area (TPSA) is 67.4 Å². The van der Waals surface area contributed by atoms with Crippen molar-refractivity contribution >= 4 is 23.6 Å². The highest BCUT2D eigenvalue weighted by atomic mass is 32.2. The third kappa shape index (κ3) is 8.28. The van der Waals surface area contributed by atoms with Gasteiger partial charge in [-0.3, -0.25) is 9.59 Å². The van der Waals surface area contributed by atoms with Crippen LogP contribution in [0.15, 0.2) is 97.1 Å². The van der Waals surface area contributed by atoms with Gasteiger partial charge in [0.15, 0.2) is 0 Å². The monoisotopic (exact) mass is 728 g/mol. The summed E-state index contributed by atoms with van der Waals surface area (Å²) < 4.78 is 84.7. The van der Waals surface area contributed by atoms with Crippen LogP contribution in [0.25, 0.3) is 22.3 Å². The lowest BCUT2D eigenvalue weighted by Gasteiger charge is -2.32. The van der Waals surface area contributed by atoms with Crippen molar-refractivity contribution in [2.45, 2.75) is 62.4 Å². The van der Waals surface area contributed by atoms with Crippen molar-refractivity contribution in [3.63, 3.8) is 0 Å². The molecule has 5 nitrogen and oxygen atoms in total. The number of alkyl halides is 6. The molecule has 1 heterocycles. The Hall–Kier alpha value is -4.29. The number of fused-ring (bicyclic) bond motifs is 3. The van der Waals surface area contributed by atoms with Crippen LogP contribution in [0.2, 0.25) is 0 Å². The fraction of sp³-hybridized carbons (Fsp3) is 0.333. The number of amides is 2. The molecule has 270 valence electrons. The lowest BCUT2D eigenvalue weighted by Crippen LogP contribution is -2.47. The summed E-state index contributed by atoms with van der Waals surface area (Å²) in [5, 5.41) is 5.14. The molecule has 0 saturated carbocycles. The van der Waals surface area contributed by atoms with Crippen LogP contribution < -0.4 is 10.6 Å². The molecule has 0 spiro atoms. The van der Waals surface area contributed by atoms with Crippen molar-refractivity contribution in [3.8, 4) is 22.3 Å². The highest BCUT2D eigenvalue weighted by Crippen LogP contribution is 2.51. The van der Waals surface area contributed by atoms with E-state index in [1.807, 2.05) is 36.4 Å². The zero-order valence-electron chi connectivity index (χ0n) is 26.7. The van der Waals surface area contributed by atoms with Crippen molar-refractivity contribution in [3.05, 3.63) is 119 Å². The van der Waals surface area contributed by atoms with Gasteiger partial charge in [-0.2, -0.15) is 26.3 Å². The largest absolute Gasteiger partial charge is 0.416 e. The molecule has 4 aromatic carbocycles. The number of nitrogens with one attached hydrogen (secondary N) is 2. The smallest absolute Gasteiger partial charge is 0.365 e. The van der Waals surface area contributed by atoms with E-state index in [4.69, 9.17) is 4.74 Å². The van der Waals surface area contributed by atoms with E-state index in [-0.39, 0.29) is 31.4 Å². The Morgan fingerprint density at radius 2 is 1.37 bits per heavy atom. The second-order valence-corrected chi connectivity index (χ2v) is 13.6. The molecule has 0 bridgehead atoms. The van der Waals surface area contributed by atoms with Crippen LogP contribution >= 0.6 is 11.8 Å². The zero-order chi connectivity index (χ0) is 35.5. The summed E-state index contributed by atoms with van der Waals surface area (Å²) in [7, 11) is 0. The Balaban J connectivity index is 0.00000504. The normalized spacial score (nSPS) is 17.8. The zero-order valence-corrected chi connectivity index (χ0v) is 27.6. The van der Waals surface area contributed by atoms with Crippen molar-refractivity contribution in [2.75, 3.05) is 18.9 Å². The highest BCUT2D eigenvalue weighted by molar-refractivity contribution is 7.99. The van der Waals surface area contributed by atoms with Gasteiger partial charge in [0.05, 0.1) is 18.2 Å². The number of hydrogen-bond donors (Lipinski definition) is 2. The summed E-state index contributed by atoms with van der Waals surface area (Å²) >= 11 is 1.54. The average Bonchev–Trinajstić information content (AvgIpc) is 3.39. The lowest BCUT2D eigenvalue weighted by molar-refractivity contribution is -0.141. The third-order valence-corrected chi connectivity index (χ3v) is 10.5. The molecule has 2 aliphatic rings. The van der Waals surface area contributed by atoms with E-state index in [1.54, 1.807) is 48.2 Å². The van der Waals surface area contributed by atoms with Gasteiger partial charge in [0.1, 0.15) is 17.4 Å². The summed E-state index contributed by atoms with van der Waals surface area (Å²) in [5.41, 5.74) is 2.21. The molecule has 1 aliphatic heterocycles. The van der Waals surface area contributed by atoms with Crippen LogP contribution in [0, 0.1) is 0 Å². The number of thioether (sulfide) groups is 1. The molecule has 4 aromatic rings. The Labute approximate surface area is 297 Å². The van der Waals surface area contributed by atoms with Crippen molar-refractivity contribution in [2.24, 2.45) is 0 Å². The summed E-state index contributed by atoms with van der Waals surface area (Å²) in [6.07, 6.45) is -6.82. The molecule has 1 saturated heterocycles. The van der Waals surface area contributed by atoms with E-state index in [0.29, 0.717) is 59.3 Å². The Kier molecular flexibility index (Phi) is 11.6. The quantitative estimate of drug-likeness (QED) is 0.126. The summed E-state index contributed by atoms with van der Waals surface area (Å²) in [5.74, 6) is -0.461. The molecule has 6 rings (SSSR count). The van der Waals surface area contributed by atoms with Gasteiger partial charge >= 0.3 is 12.4 Å². The first kappa shape index (κ1) is 38.0. The number of carbonyl (C=O) groups is 2. The van der Waals surface area contributed by atoms with Gasteiger partial charge in [-0.05, 0) is 70.8 Å². The first-order valence-corrected chi connectivity index (χ1v) is 17.3. The van der Waals surface area contributed by atoms with E-state index in [9.17, 15) is 35.9 Å². The second kappa shape index (κ2) is 15.5. The maximum absolute atomic E-state index is 13.7. The molecule has 1 fully saturated rings. The highest BCUT2D eigenvalue weighted by Gasteiger charge is 2.49. The van der Waals surface area contributed by atoms with E-state index >= 15 is 0 Å². The standard InChI is InChI=1S/C38H34F6N2O3S.CH4/c39-37(40,41)23-45-35(48)36(31-13-5-3-10-28(31)29-11-4-6-14-32(29)36)20-8-7-15-33-49-21-26(22-50-33)46-34(47)30-12-2-1-9-27(30)24-16-18-25(19-17-24)38(42,43)44;/h1-6,9-14,16-19,26,33H,7-8,15,20-23H2,(H,45,48)(H,46,47);1H4/t26-,33?;/m1./s1. The van der Waals surface area contributed by atoms with Crippen molar-refractivity contribution < 1.29 is 40.7 Å². The van der Waals surface area contributed by atoms with Gasteiger partial charge in [-0.1, -0.05) is 92.7 Å². The minimum atomic E-state index is -4.54. The van der Waals surface area contributed by atoms with Gasteiger partial charge < -0.3 is 15.4 Å². The van der Waals surface area contributed by atoms with E-state index < -0.39 is 35.8 Å².